The fourth-order valence-electron chi connectivity index (χ4n) is 2.25. The Morgan fingerprint density at radius 3 is 1.76 bits per heavy atom. The molecule has 0 saturated heterocycles. The molecule has 0 fully saturated rings. The summed E-state index contributed by atoms with van der Waals surface area (Å²) in [4.78, 5) is 0. The summed E-state index contributed by atoms with van der Waals surface area (Å²) in [6.45, 7) is 4.52. The lowest BCUT2D eigenvalue weighted by Gasteiger charge is -2.04. The molecule has 0 aromatic heterocycles. The van der Waals surface area contributed by atoms with Crippen LogP contribution < -0.4 is 0 Å². The minimum absolute atomic E-state index is 0.713. The largest absolute Gasteiger partial charge is 0.0639 e. The van der Waals surface area contributed by atoms with Crippen molar-refractivity contribution in [3.63, 3.8) is 0 Å². The van der Waals surface area contributed by atoms with Gasteiger partial charge < -0.3 is 0 Å². The van der Waals surface area contributed by atoms with Gasteiger partial charge in [0.2, 0.25) is 0 Å². The summed E-state index contributed by atoms with van der Waals surface area (Å²) < 4.78 is 0. The molecule has 0 aliphatic rings. The van der Waals surface area contributed by atoms with Gasteiger partial charge in [0.25, 0.3) is 0 Å². The van der Waals surface area contributed by atoms with Crippen molar-refractivity contribution in [2.24, 2.45) is 5.92 Å². The van der Waals surface area contributed by atoms with Crippen molar-refractivity contribution in [3.8, 4) is 0 Å². The third kappa shape index (κ3) is 5.77. The van der Waals surface area contributed by atoms with E-state index in [1.807, 2.05) is 0 Å². The SMILES string of the molecule is CC(C)Cc1ccc(C=Cc2ccc(CPBr)cc2)cc1. The molecule has 0 spiro atoms. The zero-order chi connectivity index (χ0) is 15.1. The molecule has 0 nitrogen and oxygen atoms in total. The van der Waals surface area contributed by atoms with Crippen LogP contribution in [0.4, 0.5) is 0 Å². The smallest absolute Gasteiger partial charge is 0.000202 e. The van der Waals surface area contributed by atoms with Crippen molar-refractivity contribution in [1.29, 1.82) is 0 Å². The molecule has 2 rings (SSSR count). The van der Waals surface area contributed by atoms with Crippen LogP contribution in [0.1, 0.15) is 36.1 Å². The second-order valence-corrected chi connectivity index (χ2v) is 8.03. The quantitative estimate of drug-likeness (QED) is 0.405. The minimum atomic E-state index is 0.713. The molecular weight excluding hydrogens is 339 g/mol. The predicted octanol–water partition coefficient (Wildman–Crippen LogP) is 6.54. The van der Waals surface area contributed by atoms with Crippen molar-refractivity contribution in [1.82, 2.24) is 0 Å². The van der Waals surface area contributed by atoms with E-state index in [0.29, 0.717) is 5.92 Å². The van der Waals surface area contributed by atoms with E-state index in [0.717, 1.165) is 19.9 Å². The first-order valence-electron chi connectivity index (χ1n) is 7.37. The van der Waals surface area contributed by atoms with E-state index in [4.69, 9.17) is 0 Å². The molecule has 0 aliphatic carbocycles. The molecule has 0 aliphatic heterocycles. The molecule has 110 valence electrons. The Morgan fingerprint density at radius 1 is 0.857 bits per heavy atom. The number of hydrogen-bond donors (Lipinski definition) is 0. The zero-order valence-corrected chi connectivity index (χ0v) is 15.2. The minimum Gasteiger partial charge on any atom is -0.0639 e. The summed E-state index contributed by atoms with van der Waals surface area (Å²) in [7, 11) is 0.801. The van der Waals surface area contributed by atoms with E-state index in [2.05, 4.69) is 90.0 Å². The second-order valence-electron chi connectivity index (χ2n) is 5.72. The molecule has 0 radical (unpaired) electrons. The molecule has 0 bridgehead atoms. The van der Waals surface area contributed by atoms with Crippen LogP contribution in [-0.2, 0) is 12.6 Å². The van der Waals surface area contributed by atoms with Gasteiger partial charge in [0, 0.05) is 0 Å². The van der Waals surface area contributed by atoms with Crippen molar-refractivity contribution in [2.45, 2.75) is 26.4 Å². The highest BCUT2D eigenvalue weighted by atomic mass is 79.9. The van der Waals surface area contributed by atoms with Gasteiger partial charge >= 0.3 is 0 Å². The molecule has 0 N–H and O–H groups in total. The Hall–Kier alpha value is -0.910. The molecule has 2 heteroatoms. The van der Waals surface area contributed by atoms with Crippen molar-refractivity contribution in [3.05, 3.63) is 70.8 Å². The average molecular weight is 361 g/mol. The first kappa shape index (κ1) is 16.5. The maximum atomic E-state index is 3.50. The van der Waals surface area contributed by atoms with Gasteiger partial charge in [-0.2, -0.15) is 0 Å². The number of benzene rings is 2. The van der Waals surface area contributed by atoms with Crippen molar-refractivity contribution >= 4 is 34.9 Å². The van der Waals surface area contributed by atoms with Crippen molar-refractivity contribution in [2.75, 3.05) is 0 Å². The van der Waals surface area contributed by atoms with Crippen molar-refractivity contribution < 1.29 is 0 Å². The molecule has 0 amide bonds. The first-order chi connectivity index (χ1) is 10.2. The molecule has 2 aromatic rings. The molecule has 0 saturated carbocycles. The summed E-state index contributed by atoms with van der Waals surface area (Å²) >= 11 is 3.50. The fraction of sp³-hybridized carbons (Fsp3) is 0.263. The van der Waals surface area contributed by atoms with Crippen LogP contribution in [-0.4, -0.2) is 0 Å². The van der Waals surface area contributed by atoms with Gasteiger partial charge in [-0.05, 0) is 48.0 Å². The van der Waals surface area contributed by atoms with Gasteiger partial charge in [-0.25, -0.2) is 0 Å². The molecular formula is C19H22BrP. The van der Waals surface area contributed by atoms with E-state index in [9.17, 15) is 0 Å². The Balaban J connectivity index is 1.99. The van der Waals surface area contributed by atoms with E-state index >= 15 is 0 Å². The fourth-order valence-corrected chi connectivity index (χ4v) is 3.61. The van der Waals surface area contributed by atoms with Gasteiger partial charge in [0.15, 0.2) is 0 Å². The molecule has 1 unspecified atom stereocenters. The van der Waals surface area contributed by atoms with Gasteiger partial charge in [0.05, 0.1) is 0 Å². The van der Waals surface area contributed by atoms with Crippen LogP contribution in [0.5, 0.6) is 0 Å². The van der Waals surface area contributed by atoms with Gasteiger partial charge in [0.1, 0.15) is 0 Å². The first-order valence-corrected chi connectivity index (χ1v) is 10.8. The van der Waals surface area contributed by atoms with Gasteiger partial charge in [-0.15, -0.1) is 0 Å². The van der Waals surface area contributed by atoms with E-state index < -0.39 is 0 Å². The maximum Gasteiger partial charge on any atom is -0.000202 e. The third-order valence-corrected chi connectivity index (χ3v) is 4.73. The monoisotopic (exact) mass is 360 g/mol. The average Bonchev–Trinajstić information content (AvgIpc) is 2.48. The second kappa shape index (κ2) is 8.51. The molecule has 21 heavy (non-hydrogen) atoms. The summed E-state index contributed by atoms with van der Waals surface area (Å²) in [5.74, 6) is 0.713. The molecule has 1 atom stereocenters. The topological polar surface area (TPSA) is 0 Å². The lowest BCUT2D eigenvalue weighted by molar-refractivity contribution is 0.647. The summed E-state index contributed by atoms with van der Waals surface area (Å²) in [6, 6.07) is 17.7. The zero-order valence-electron chi connectivity index (χ0n) is 12.6. The van der Waals surface area contributed by atoms with Gasteiger partial charge in [-0.3, -0.25) is 0 Å². The normalized spacial score (nSPS) is 12.0. The maximum absolute atomic E-state index is 3.50. The molecule has 0 heterocycles. The highest BCUT2D eigenvalue weighted by Crippen LogP contribution is 2.25. The Kier molecular flexibility index (Phi) is 6.67. The van der Waals surface area contributed by atoms with E-state index in [1.54, 1.807) is 0 Å². The van der Waals surface area contributed by atoms with Crippen LogP contribution in [0.25, 0.3) is 12.2 Å². The van der Waals surface area contributed by atoms with Crippen LogP contribution in [0, 0.1) is 5.92 Å². The number of hydrogen-bond acceptors (Lipinski definition) is 0. The lowest BCUT2D eigenvalue weighted by Crippen LogP contribution is -1.93. The lowest BCUT2D eigenvalue weighted by atomic mass is 10.0. The van der Waals surface area contributed by atoms with Crippen LogP contribution in [0.2, 0.25) is 0 Å². The Labute approximate surface area is 138 Å². The summed E-state index contributed by atoms with van der Waals surface area (Å²) in [6.07, 6.45) is 6.62. The van der Waals surface area contributed by atoms with E-state index in [-0.39, 0.29) is 0 Å². The standard InChI is InChI=1S/C19H22BrP/c1-15(2)13-18-9-5-16(6-10-18)3-4-17-7-11-19(12-8-17)14-21-20/h3-12,15,21H,13-14H2,1-2H3. The summed E-state index contributed by atoms with van der Waals surface area (Å²) in [5, 5.41) is 0. The van der Waals surface area contributed by atoms with Crippen LogP contribution in [0.15, 0.2) is 48.5 Å². The highest BCUT2D eigenvalue weighted by molar-refractivity contribution is 9.36. The van der Waals surface area contributed by atoms with E-state index in [1.165, 1.54) is 22.3 Å². The predicted molar refractivity (Wildman–Crippen MR) is 101 cm³/mol. The Morgan fingerprint density at radius 2 is 1.33 bits per heavy atom. The van der Waals surface area contributed by atoms with Crippen LogP contribution >= 0.6 is 22.8 Å². The summed E-state index contributed by atoms with van der Waals surface area (Å²) in [5.41, 5.74) is 5.32. The van der Waals surface area contributed by atoms with Crippen LogP contribution in [0.3, 0.4) is 0 Å². The highest BCUT2D eigenvalue weighted by Gasteiger charge is 1.97. The number of halogens is 1. The molecule has 2 aromatic carbocycles. The van der Waals surface area contributed by atoms with Gasteiger partial charge in [-0.1, -0.05) is 90.0 Å². The Bertz CT molecular complexity index is 568. The third-order valence-electron chi connectivity index (χ3n) is 3.34. The number of rotatable bonds is 6.